The van der Waals surface area contributed by atoms with Crippen LogP contribution < -0.4 is 9.62 Å². The summed E-state index contributed by atoms with van der Waals surface area (Å²) in [5.74, 6) is -1.21. The van der Waals surface area contributed by atoms with Crippen molar-refractivity contribution in [1.82, 2.24) is 5.32 Å². The van der Waals surface area contributed by atoms with Gasteiger partial charge in [-0.1, -0.05) is 43.3 Å². The van der Waals surface area contributed by atoms with Crippen LogP contribution in [-0.4, -0.2) is 26.6 Å². The lowest BCUT2D eigenvalue weighted by molar-refractivity contribution is -0.122. The van der Waals surface area contributed by atoms with Crippen LogP contribution in [-0.2, 0) is 21.2 Å². The van der Waals surface area contributed by atoms with Gasteiger partial charge in [0.25, 0.3) is 0 Å². The van der Waals surface area contributed by atoms with Crippen LogP contribution in [0.1, 0.15) is 37.9 Å². The number of hydrogen-bond acceptors (Lipinski definition) is 3. The fourth-order valence-electron chi connectivity index (χ4n) is 2.87. The number of nitrogens with one attached hydrogen (secondary N) is 1. The molecule has 0 saturated carbocycles. The van der Waals surface area contributed by atoms with Crippen molar-refractivity contribution >= 4 is 21.6 Å². The largest absolute Gasteiger partial charge is 0.348 e. The van der Waals surface area contributed by atoms with E-state index in [1.54, 1.807) is 0 Å². The maximum Gasteiger partial charge on any atom is 0.244 e. The Morgan fingerprint density at radius 2 is 1.70 bits per heavy atom. The monoisotopic (exact) mass is 392 g/mol. The molecule has 5 nitrogen and oxygen atoms in total. The lowest BCUT2D eigenvalue weighted by Gasteiger charge is -2.29. The average Bonchev–Trinajstić information content (AvgIpc) is 2.62. The molecule has 0 aliphatic heterocycles. The summed E-state index contributed by atoms with van der Waals surface area (Å²) in [6, 6.07) is 11.9. The van der Waals surface area contributed by atoms with E-state index >= 15 is 0 Å². The summed E-state index contributed by atoms with van der Waals surface area (Å²) in [6.45, 7) is 5.32. The molecule has 0 aliphatic carbocycles. The van der Waals surface area contributed by atoms with Gasteiger partial charge in [0.2, 0.25) is 15.9 Å². The topological polar surface area (TPSA) is 66.5 Å². The van der Waals surface area contributed by atoms with Gasteiger partial charge in [-0.05, 0) is 43.5 Å². The number of benzene rings is 2. The Kier molecular flexibility index (Phi) is 6.59. The third kappa shape index (κ3) is 5.07. The van der Waals surface area contributed by atoms with Crippen molar-refractivity contribution < 1.29 is 17.6 Å². The molecule has 1 N–H and O–H groups in total. The lowest BCUT2D eigenvalue weighted by atomic mass is 10.0. The number of halogens is 1. The second-order valence-corrected chi connectivity index (χ2v) is 8.37. The fraction of sp³-hybridized carbons (Fsp3) is 0.350. The van der Waals surface area contributed by atoms with Crippen molar-refractivity contribution in [2.45, 2.75) is 39.3 Å². The van der Waals surface area contributed by atoms with Gasteiger partial charge in [-0.15, -0.1) is 0 Å². The van der Waals surface area contributed by atoms with Gasteiger partial charge in [0, 0.05) is 0 Å². The zero-order valence-electron chi connectivity index (χ0n) is 15.9. The van der Waals surface area contributed by atoms with Crippen LogP contribution in [0, 0.1) is 5.82 Å². The van der Waals surface area contributed by atoms with E-state index in [1.165, 1.54) is 30.7 Å². The van der Waals surface area contributed by atoms with Crippen molar-refractivity contribution in [3.05, 3.63) is 65.5 Å². The molecular formula is C20H25FN2O3S. The van der Waals surface area contributed by atoms with Crippen molar-refractivity contribution in [1.29, 1.82) is 0 Å². The highest BCUT2D eigenvalue weighted by atomic mass is 32.2. The first-order chi connectivity index (χ1) is 12.6. The second-order valence-electron chi connectivity index (χ2n) is 6.51. The van der Waals surface area contributed by atoms with Crippen LogP contribution in [0.3, 0.4) is 0 Å². The Morgan fingerprint density at radius 3 is 2.22 bits per heavy atom. The van der Waals surface area contributed by atoms with Gasteiger partial charge in [0.05, 0.1) is 18.0 Å². The van der Waals surface area contributed by atoms with Crippen LogP contribution in [0.2, 0.25) is 0 Å². The summed E-state index contributed by atoms with van der Waals surface area (Å²) < 4.78 is 39.4. The van der Waals surface area contributed by atoms with Gasteiger partial charge in [-0.3, -0.25) is 9.10 Å². The summed E-state index contributed by atoms with van der Waals surface area (Å²) in [6.07, 6.45) is 1.88. The normalized spacial score (nSPS) is 13.7. The minimum atomic E-state index is -3.86. The zero-order chi connectivity index (χ0) is 20.2. The summed E-state index contributed by atoms with van der Waals surface area (Å²) >= 11 is 0. The number of sulfonamides is 1. The Bertz CT molecular complexity index is 898. The van der Waals surface area contributed by atoms with Crippen LogP contribution >= 0.6 is 0 Å². The SMILES string of the molecule is CCc1ccc(C(C)NC(=O)C(C)N(c2ccccc2F)S(C)(=O)=O)cc1. The average molecular weight is 392 g/mol. The summed E-state index contributed by atoms with van der Waals surface area (Å²) in [4.78, 5) is 12.7. The predicted octanol–water partition coefficient (Wildman–Crippen LogP) is 3.42. The zero-order valence-corrected chi connectivity index (χ0v) is 16.8. The molecule has 0 bridgehead atoms. The molecule has 146 valence electrons. The molecule has 2 aromatic rings. The molecule has 0 aromatic heterocycles. The van der Waals surface area contributed by atoms with Crippen LogP contribution in [0.4, 0.5) is 10.1 Å². The third-order valence-corrected chi connectivity index (χ3v) is 5.65. The maximum atomic E-state index is 14.2. The highest BCUT2D eigenvalue weighted by Gasteiger charge is 2.31. The first-order valence-electron chi connectivity index (χ1n) is 8.78. The van der Waals surface area contributed by atoms with E-state index in [0.717, 1.165) is 28.6 Å². The predicted molar refractivity (Wildman–Crippen MR) is 106 cm³/mol. The van der Waals surface area contributed by atoms with E-state index in [9.17, 15) is 17.6 Å². The maximum absolute atomic E-state index is 14.2. The number of para-hydroxylation sites is 1. The molecule has 0 spiro atoms. The van der Waals surface area contributed by atoms with E-state index < -0.39 is 27.8 Å². The van der Waals surface area contributed by atoms with Gasteiger partial charge in [-0.25, -0.2) is 12.8 Å². The Hall–Kier alpha value is -2.41. The molecule has 0 saturated heterocycles. The highest BCUT2D eigenvalue weighted by molar-refractivity contribution is 7.92. The molecule has 2 aromatic carbocycles. The van der Waals surface area contributed by atoms with E-state index in [0.29, 0.717) is 0 Å². The van der Waals surface area contributed by atoms with E-state index in [-0.39, 0.29) is 11.7 Å². The molecule has 1 amide bonds. The van der Waals surface area contributed by atoms with Gasteiger partial charge >= 0.3 is 0 Å². The van der Waals surface area contributed by atoms with E-state index in [1.807, 2.05) is 31.2 Å². The quantitative estimate of drug-likeness (QED) is 0.785. The molecule has 27 heavy (non-hydrogen) atoms. The molecule has 2 atom stereocenters. The second kappa shape index (κ2) is 8.52. The van der Waals surface area contributed by atoms with Crippen molar-refractivity contribution in [3.8, 4) is 0 Å². The van der Waals surface area contributed by atoms with Gasteiger partial charge in [-0.2, -0.15) is 0 Å². The first kappa shape index (κ1) is 20.9. The Labute approximate surface area is 160 Å². The van der Waals surface area contributed by atoms with E-state index in [4.69, 9.17) is 0 Å². The molecule has 0 fully saturated rings. The lowest BCUT2D eigenvalue weighted by Crippen LogP contribution is -2.48. The number of anilines is 1. The smallest absolute Gasteiger partial charge is 0.244 e. The summed E-state index contributed by atoms with van der Waals surface area (Å²) in [5, 5.41) is 2.81. The third-order valence-electron chi connectivity index (χ3n) is 4.43. The highest BCUT2D eigenvalue weighted by Crippen LogP contribution is 2.24. The van der Waals surface area contributed by atoms with Crippen LogP contribution in [0.15, 0.2) is 48.5 Å². The van der Waals surface area contributed by atoms with E-state index in [2.05, 4.69) is 12.2 Å². The Balaban J connectivity index is 2.23. The summed E-state index contributed by atoms with van der Waals surface area (Å²) in [7, 11) is -3.86. The van der Waals surface area contributed by atoms with Crippen LogP contribution in [0.5, 0.6) is 0 Å². The molecule has 0 radical (unpaired) electrons. The number of rotatable bonds is 7. The van der Waals surface area contributed by atoms with Gasteiger partial charge in [0.15, 0.2) is 0 Å². The number of carbonyl (C=O) groups is 1. The fourth-order valence-corrected chi connectivity index (χ4v) is 4.05. The first-order valence-corrected chi connectivity index (χ1v) is 10.6. The van der Waals surface area contributed by atoms with Crippen molar-refractivity contribution in [2.24, 2.45) is 0 Å². The molecule has 7 heteroatoms. The number of nitrogens with zero attached hydrogens (tertiary/aromatic N) is 1. The standard InChI is InChI=1S/C20H25FN2O3S/c1-5-16-10-12-17(13-11-16)14(2)22-20(24)15(3)23(27(4,25)26)19-9-7-6-8-18(19)21/h6-15H,5H2,1-4H3,(H,22,24). The summed E-state index contributed by atoms with van der Waals surface area (Å²) in [5.41, 5.74) is 1.94. The van der Waals surface area contributed by atoms with Gasteiger partial charge < -0.3 is 5.32 Å². The Morgan fingerprint density at radius 1 is 1.11 bits per heavy atom. The molecule has 2 rings (SSSR count). The number of aryl methyl sites for hydroxylation is 1. The number of hydrogen-bond donors (Lipinski definition) is 1. The minimum absolute atomic E-state index is 0.150. The number of amides is 1. The molecule has 0 aliphatic rings. The minimum Gasteiger partial charge on any atom is -0.348 e. The molecule has 0 heterocycles. The van der Waals surface area contributed by atoms with Gasteiger partial charge in [0.1, 0.15) is 11.9 Å². The van der Waals surface area contributed by atoms with Crippen molar-refractivity contribution in [3.63, 3.8) is 0 Å². The number of carbonyl (C=O) groups excluding carboxylic acids is 1. The molecule has 2 unspecified atom stereocenters. The van der Waals surface area contributed by atoms with Crippen molar-refractivity contribution in [2.75, 3.05) is 10.6 Å². The van der Waals surface area contributed by atoms with Crippen LogP contribution in [0.25, 0.3) is 0 Å². The molecular weight excluding hydrogens is 367 g/mol.